The molecule has 2 N–H and O–H groups in total. The maximum absolute atomic E-state index is 12.2. The first-order chi connectivity index (χ1) is 9.61. The van der Waals surface area contributed by atoms with Gasteiger partial charge in [-0.25, -0.2) is 9.97 Å². The second-order valence-corrected chi connectivity index (χ2v) is 5.07. The Morgan fingerprint density at radius 2 is 2.10 bits per heavy atom. The monoisotopic (exact) mass is 308 g/mol. The molecule has 0 unspecified atom stereocenters. The van der Waals surface area contributed by atoms with Gasteiger partial charge in [-0.2, -0.15) is 0 Å². The quantitative estimate of drug-likeness (QED) is 0.661. The van der Waals surface area contributed by atoms with E-state index in [1.54, 1.807) is 6.07 Å². The lowest BCUT2D eigenvalue weighted by atomic mass is 10.1. The molecule has 0 fully saturated rings. The van der Waals surface area contributed by atoms with E-state index in [4.69, 9.17) is 23.2 Å². The van der Waals surface area contributed by atoms with Gasteiger partial charge in [-0.05, 0) is 41.8 Å². The lowest BCUT2D eigenvalue weighted by Gasteiger charge is -2.06. The summed E-state index contributed by atoms with van der Waals surface area (Å²) in [7, 11) is 0. The number of hydrogen-bond donors (Lipinski definition) is 2. The number of anilines is 2. The summed E-state index contributed by atoms with van der Waals surface area (Å²) in [6, 6.07) is 6.98. The molecule has 1 aromatic carbocycles. The zero-order chi connectivity index (χ0) is 14.1. The summed E-state index contributed by atoms with van der Waals surface area (Å²) in [4.78, 5) is 19.8. The molecule has 7 heteroatoms. The highest BCUT2D eigenvalue weighted by molar-refractivity contribution is 6.32. The third kappa shape index (κ3) is 2.69. The molecule has 2 heterocycles. The molecule has 0 radical (unpaired) electrons. The number of fused-ring (bicyclic) bond motifs is 1. The van der Waals surface area contributed by atoms with Gasteiger partial charge < -0.3 is 10.6 Å². The van der Waals surface area contributed by atoms with Crippen molar-refractivity contribution in [3.8, 4) is 0 Å². The standard InChI is InChI=1S/C13H10Cl2N4O/c14-10-6-11(19-13(15)17-10)18-12(20)8-1-2-9-7(5-8)3-4-16-9/h1-2,5-6,16H,3-4H2,(H,17,18,19,20). The Kier molecular flexibility index (Phi) is 3.46. The topological polar surface area (TPSA) is 66.9 Å². The van der Waals surface area contributed by atoms with Gasteiger partial charge in [0.25, 0.3) is 5.91 Å². The zero-order valence-electron chi connectivity index (χ0n) is 10.3. The van der Waals surface area contributed by atoms with Crippen LogP contribution in [0.3, 0.4) is 0 Å². The molecular formula is C13H10Cl2N4O. The summed E-state index contributed by atoms with van der Waals surface area (Å²) in [6.07, 6.45) is 0.918. The van der Waals surface area contributed by atoms with E-state index >= 15 is 0 Å². The molecule has 1 aliphatic rings. The van der Waals surface area contributed by atoms with Gasteiger partial charge in [-0.15, -0.1) is 0 Å². The van der Waals surface area contributed by atoms with E-state index in [0.29, 0.717) is 5.56 Å². The molecule has 0 saturated carbocycles. The molecule has 5 nitrogen and oxygen atoms in total. The lowest BCUT2D eigenvalue weighted by molar-refractivity contribution is 0.102. The number of benzene rings is 1. The van der Waals surface area contributed by atoms with Gasteiger partial charge in [-0.3, -0.25) is 4.79 Å². The molecule has 0 bridgehead atoms. The molecule has 3 rings (SSSR count). The number of carbonyl (C=O) groups excluding carboxylic acids is 1. The van der Waals surface area contributed by atoms with E-state index in [1.807, 2.05) is 12.1 Å². The number of aromatic nitrogens is 2. The van der Waals surface area contributed by atoms with Crippen molar-refractivity contribution in [1.82, 2.24) is 9.97 Å². The molecule has 2 aromatic rings. The fourth-order valence-electron chi connectivity index (χ4n) is 2.09. The number of rotatable bonds is 2. The minimum absolute atomic E-state index is 0.00838. The Hall–Kier alpha value is -1.85. The Balaban J connectivity index is 1.82. The molecule has 1 aromatic heterocycles. The van der Waals surface area contributed by atoms with E-state index < -0.39 is 0 Å². The van der Waals surface area contributed by atoms with Crippen molar-refractivity contribution in [3.05, 3.63) is 45.8 Å². The largest absolute Gasteiger partial charge is 0.384 e. The van der Waals surface area contributed by atoms with Crippen LogP contribution in [0.1, 0.15) is 15.9 Å². The van der Waals surface area contributed by atoms with Gasteiger partial charge in [0.2, 0.25) is 5.28 Å². The molecular weight excluding hydrogens is 299 g/mol. The fourth-order valence-corrected chi connectivity index (χ4v) is 2.50. The van der Waals surface area contributed by atoms with Gasteiger partial charge in [0.05, 0.1) is 0 Å². The van der Waals surface area contributed by atoms with Crippen LogP contribution in [0.2, 0.25) is 10.4 Å². The van der Waals surface area contributed by atoms with Gasteiger partial charge in [-0.1, -0.05) is 11.6 Å². The summed E-state index contributed by atoms with van der Waals surface area (Å²) in [5.74, 6) is 0.0177. The van der Waals surface area contributed by atoms with Crippen LogP contribution in [0.25, 0.3) is 0 Å². The fraction of sp³-hybridized carbons (Fsp3) is 0.154. The number of halogens is 2. The molecule has 0 aliphatic carbocycles. The summed E-state index contributed by atoms with van der Waals surface area (Å²) >= 11 is 11.5. The predicted octanol–water partition coefficient (Wildman–Crippen LogP) is 3.00. The molecule has 0 atom stereocenters. The zero-order valence-corrected chi connectivity index (χ0v) is 11.8. The van der Waals surface area contributed by atoms with Crippen molar-refractivity contribution >= 4 is 40.6 Å². The maximum atomic E-state index is 12.2. The van der Waals surface area contributed by atoms with Crippen LogP contribution in [0.15, 0.2) is 24.3 Å². The number of nitrogens with one attached hydrogen (secondary N) is 2. The van der Waals surface area contributed by atoms with Crippen LogP contribution < -0.4 is 10.6 Å². The molecule has 102 valence electrons. The number of amides is 1. The number of nitrogens with zero attached hydrogens (tertiary/aromatic N) is 2. The first-order valence-electron chi connectivity index (χ1n) is 6.00. The maximum Gasteiger partial charge on any atom is 0.256 e. The Bertz CT molecular complexity index is 670. The summed E-state index contributed by atoms with van der Waals surface area (Å²) < 4.78 is 0. The Labute approximate surface area is 125 Å². The third-order valence-corrected chi connectivity index (χ3v) is 3.35. The normalized spacial score (nSPS) is 12.7. The highest BCUT2D eigenvalue weighted by atomic mass is 35.5. The first-order valence-corrected chi connectivity index (χ1v) is 6.75. The number of hydrogen-bond acceptors (Lipinski definition) is 4. The highest BCUT2D eigenvalue weighted by Crippen LogP contribution is 2.23. The van der Waals surface area contributed by atoms with Gasteiger partial charge >= 0.3 is 0 Å². The minimum atomic E-state index is -0.259. The predicted molar refractivity (Wildman–Crippen MR) is 78.6 cm³/mol. The average Bonchev–Trinajstić information content (AvgIpc) is 2.84. The molecule has 1 aliphatic heterocycles. The smallest absolute Gasteiger partial charge is 0.256 e. The molecule has 0 spiro atoms. The summed E-state index contributed by atoms with van der Waals surface area (Å²) in [6.45, 7) is 0.900. The minimum Gasteiger partial charge on any atom is -0.384 e. The van der Waals surface area contributed by atoms with Crippen molar-refractivity contribution in [1.29, 1.82) is 0 Å². The highest BCUT2D eigenvalue weighted by Gasteiger charge is 2.14. The van der Waals surface area contributed by atoms with Gasteiger partial charge in [0, 0.05) is 23.9 Å². The third-order valence-electron chi connectivity index (χ3n) is 2.99. The van der Waals surface area contributed by atoms with Gasteiger partial charge in [0.15, 0.2) is 0 Å². The van der Waals surface area contributed by atoms with Gasteiger partial charge in [0.1, 0.15) is 11.0 Å². The second kappa shape index (κ2) is 5.26. The van der Waals surface area contributed by atoms with Crippen LogP contribution in [0.4, 0.5) is 11.5 Å². The lowest BCUT2D eigenvalue weighted by Crippen LogP contribution is -2.13. The molecule has 20 heavy (non-hydrogen) atoms. The van der Waals surface area contributed by atoms with E-state index in [-0.39, 0.29) is 22.2 Å². The van der Waals surface area contributed by atoms with Crippen LogP contribution in [0, 0.1) is 0 Å². The summed E-state index contributed by atoms with van der Waals surface area (Å²) in [5.41, 5.74) is 2.78. The van der Waals surface area contributed by atoms with Crippen LogP contribution >= 0.6 is 23.2 Å². The Morgan fingerprint density at radius 1 is 1.25 bits per heavy atom. The van der Waals surface area contributed by atoms with Crippen molar-refractivity contribution in [2.24, 2.45) is 0 Å². The first kappa shape index (κ1) is 13.1. The van der Waals surface area contributed by atoms with Crippen LogP contribution in [-0.4, -0.2) is 22.4 Å². The van der Waals surface area contributed by atoms with E-state index in [9.17, 15) is 4.79 Å². The van der Waals surface area contributed by atoms with Crippen molar-refractivity contribution in [3.63, 3.8) is 0 Å². The average molecular weight is 309 g/mol. The Morgan fingerprint density at radius 3 is 2.90 bits per heavy atom. The SMILES string of the molecule is O=C(Nc1cc(Cl)nc(Cl)n1)c1ccc2c(c1)CCN2. The van der Waals surface area contributed by atoms with E-state index in [2.05, 4.69) is 20.6 Å². The molecule has 1 amide bonds. The van der Waals surface area contributed by atoms with Crippen LogP contribution in [-0.2, 0) is 6.42 Å². The van der Waals surface area contributed by atoms with E-state index in [0.717, 1.165) is 24.2 Å². The van der Waals surface area contributed by atoms with Crippen molar-refractivity contribution in [2.75, 3.05) is 17.2 Å². The number of carbonyl (C=O) groups is 1. The van der Waals surface area contributed by atoms with Crippen molar-refractivity contribution in [2.45, 2.75) is 6.42 Å². The molecule has 0 saturated heterocycles. The van der Waals surface area contributed by atoms with Crippen LogP contribution in [0.5, 0.6) is 0 Å². The van der Waals surface area contributed by atoms with E-state index in [1.165, 1.54) is 6.07 Å². The summed E-state index contributed by atoms with van der Waals surface area (Å²) in [5, 5.41) is 6.07. The van der Waals surface area contributed by atoms with Crippen molar-refractivity contribution < 1.29 is 4.79 Å². The second-order valence-electron chi connectivity index (χ2n) is 4.35.